The maximum Gasteiger partial charge on any atom is 0.252 e. The first kappa shape index (κ1) is 21.7. The Morgan fingerprint density at radius 3 is 2.80 bits per heavy atom. The van der Waals surface area contributed by atoms with E-state index >= 15 is 0 Å². The van der Waals surface area contributed by atoms with Crippen molar-refractivity contribution >= 4 is 43.7 Å². The highest BCUT2D eigenvalue weighted by Gasteiger charge is 2.36. The lowest BCUT2D eigenvalue weighted by molar-refractivity contribution is -0.123. The maximum atomic E-state index is 13.4. The van der Waals surface area contributed by atoms with E-state index in [0.29, 0.717) is 30.1 Å². The molecule has 2 aromatic rings. The van der Waals surface area contributed by atoms with Crippen molar-refractivity contribution < 1.29 is 13.2 Å². The number of piperidine rings is 1. The van der Waals surface area contributed by atoms with Crippen molar-refractivity contribution in [3.63, 3.8) is 0 Å². The molecule has 4 rings (SSSR count). The lowest BCUT2D eigenvalue weighted by Gasteiger charge is -2.33. The molecule has 1 saturated heterocycles. The highest BCUT2D eigenvalue weighted by molar-refractivity contribution is 7.91. The number of hydrogen-bond acceptors (Lipinski definition) is 6. The maximum absolute atomic E-state index is 13.4. The van der Waals surface area contributed by atoms with Gasteiger partial charge in [-0.05, 0) is 57.6 Å². The molecule has 1 aliphatic heterocycles. The highest BCUT2D eigenvalue weighted by atomic mass is 32.2. The molecule has 0 bridgehead atoms. The molecule has 1 fully saturated rings. The van der Waals surface area contributed by atoms with Crippen LogP contribution in [0.4, 0.5) is 5.13 Å². The van der Waals surface area contributed by atoms with Gasteiger partial charge < -0.3 is 0 Å². The number of aromatic nitrogens is 1. The number of carbonyl (C=O) groups excluding carboxylic acids is 1. The van der Waals surface area contributed by atoms with E-state index in [1.54, 1.807) is 28.4 Å². The molecule has 0 aromatic carbocycles. The van der Waals surface area contributed by atoms with E-state index in [4.69, 9.17) is 4.98 Å². The Balaban J connectivity index is 1.54. The van der Waals surface area contributed by atoms with Crippen LogP contribution in [0.5, 0.6) is 0 Å². The third-order valence-corrected chi connectivity index (χ3v) is 10.2. The summed E-state index contributed by atoms with van der Waals surface area (Å²) in [5, 5.41) is 0.723. The molecule has 9 heteroatoms. The van der Waals surface area contributed by atoms with Crippen molar-refractivity contribution in [2.75, 3.05) is 24.5 Å². The zero-order valence-electron chi connectivity index (χ0n) is 17.2. The SMILES string of the molecule is C=CCN(C(=O)[C@H]1CCCN(S(=O)(=O)c2ccc(C)s2)C1)c1nc2c(s1)CCCC2. The molecule has 0 unspecified atom stereocenters. The van der Waals surface area contributed by atoms with Gasteiger partial charge >= 0.3 is 0 Å². The predicted octanol–water partition coefficient (Wildman–Crippen LogP) is 4.01. The summed E-state index contributed by atoms with van der Waals surface area (Å²) in [5.74, 6) is -0.418. The standard InChI is InChI=1S/C21H27N3O3S3/c1-3-12-24(21-22-17-8-4-5-9-18(17)29-21)20(25)16-7-6-13-23(14-16)30(26,27)19-11-10-15(2)28-19/h3,10-11,16H,1,4-9,12-14H2,2H3/t16-/m0/s1. The summed E-state index contributed by atoms with van der Waals surface area (Å²) in [4.78, 5) is 22.1. The third kappa shape index (κ3) is 4.26. The van der Waals surface area contributed by atoms with Crippen molar-refractivity contribution in [1.82, 2.24) is 9.29 Å². The Hall–Kier alpha value is -1.55. The molecule has 2 aliphatic rings. The van der Waals surface area contributed by atoms with Crippen LogP contribution in [0.2, 0.25) is 0 Å². The molecule has 3 heterocycles. The monoisotopic (exact) mass is 465 g/mol. The Bertz CT molecular complexity index is 1020. The fourth-order valence-electron chi connectivity index (χ4n) is 4.11. The molecule has 162 valence electrons. The van der Waals surface area contributed by atoms with E-state index in [0.717, 1.165) is 35.0 Å². The Labute approximate surface area is 186 Å². The van der Waals surface area contributed by atoms with Crippen LogP contribution in [0.3, 0.4) is 0 Å². The van der Waals surface area contributed by atoms with Crippen LogP contribution >= 0.6 is 22.7 Å². The number of fused-ring (bicyclic) bond motifs is 1. The first-order valence-electron chi connectivity index (χ1n) is 10.4. The molecule has 1 aliphatic carbocycles. The van der Waals surface area contributed by atoms with E-state index < -0.39 is 10.0 Å². The van der Waals surface area contributed by atoms with Crippen LogP contribution in [-0.2, 0) is 27.7 Å². The number of thiazole rings is 1. The number of nitrogens with zero attached hydrogens (tertiary/aromatic N) is 3. The van der Waals surface area contributed by atoms with Crippen molar-refractivity contribution in [1.29, 1.82) is 0 Å². The normalized spacial score (nSPS) is 20.0. The van der Waals surface area contributed by atoms with Crippen LogP contribution in [0, 0.1) is 12.8 Å². The van der Waals surface area contributed by atoms with Crippen LogP contribution in [0.25, 0.3) is 0 Å². The van der Waals surface area contributed by atoms with Gasteiger partial charge in [0.2, 0.25) is 5.91 Å². The van der Waals surface area contributed by atoms with E-state index in [1.165, 1.54) is 26.9 Å². The molecule has 1 atom stereocenters. The van der Waals surface area contributed by atoms with Gasteiger partial charge in [0.05, 0.1) is 11.6 Å². The molecular weight excluding hydrogens is 438 g/mol. The Kier molecular flexibility index (Phi) is 6.43. The van der Waals surface area contributed by atoms with Gasteiger partial charge in [-0.25, -0.2) is 13.4 Å². The van der Waals surface area contributed by atoms with Crippen molar-refractivity contribution in [3.05, 3.63) is 40.2 Å². The minimum absolute atomic E-state index is 0.0525. The van der Waals surface area contributed by atoms with Gasteiger partial charge in [0, 0.05) is 29.4 Å². The van der Waals surface area contributed by atoms with Crippen molar-refractivity contribution in [3.8, 4) is 0 Å². The second kappa shape index (κ2) is 8.90. The second-order valence-electron chi connectivity index (χ2n) is 7.88. The van der Waals surface area contributed by atoms with Crippen LogP contribution in [0.1, 0.15) is 41.1 Å². The number of amides is 1. The summed E-state index contributed by atoms with van der Waals surface area (Å²) in [5.41, 5.74) is 1.11. The summed E-state index contributed by atoms with van der Waals surface area (Å²) in [6.07, 6.45) is 7.38. The second-order valence-corrected chi connectivity index (χ2v) is 12.4. The number of rotatable bonds is 6. The molecule has 0 N–H and O–H groups in total. The van der Waals surface area contributed by atoms with Gasteiger partial charge in [-0.15, -0.1) is 29.3 Å². The lowest BCUT2D eigenvalue weighted by Crippen LogP contribution is -2.46. The zero-order chi connectivity index (χ0) is 21.3. The summed E-state index contributed by atoms with van der Waals surface area (Å²) in [7, 11) is -3.56. The van der Waals surface area contributed by atoms with Gasteiger partial charge in [0.25, 0.3) is 10.0 Å². The Morgan fingerprint density at radius 1 is 1.30 bits per heavy atom. The number of carbonyl (C=O) groups is 1. The number of sulfonamides is 1. The van der Waals surface area contributed by atoms with E-state index in [2.05, 4.69) is 6.58 Å². The minimum Gasteiger partial charge on any atom is -0.284 e. The van der Waals surface area contributed by atoms with E-state index in [1.807, 2.05) is 13.0 Å². The summed E-state index contributed by atoms with van der Waals surface area (Å²) >= 11 is 2.88. The first-order chi connectivity index (χ1) is 14.4. The van der Waals surface area contributed by atoms with Crippen molar-refractivity contribution in [2.45, 2.75) is 49.7 Å². The molecule has 0 radical (unpaired) electrons. The fourth-order valence-corrected chi connectivity index (χ4v) is 8.23. The highest BCUT2D eigenvalue weighted by Crippen LogP contribution is 2.34. The lowest BCUT2D eigenvalue weighted by atomic mass is 9.98. The van der Waals surface area contributed by atoms with Crippen molar-refractivity contribution in [2.24, 2.45) is 5.92 Å². The fraction of sp³-hybridized carbons (Fsp3) is 0.524. The number of aryl methyl sites for hydroxylation is 3. The molecule has 1 amide bonds. The first-order valence-corrected chi connectivity index (χ1v) is 13.4. The zero-order valence-corrected chi connectivity index (χ0v) is 19.6. The molecule has 2 aromatic heterocycles. The number of thiophene rings is 1. The summed E-state index contributed by atoms with van der Waals surface area (Å²) in [6, 6.07) is 3.48. The summed E-state index contributed by atoms with van der Waals surface area (Å²) in [6.45, 7) is 6.77. The topological polar surface area (TPSA) is 70.6 Å². The minimum atomic E-state index is -3.56. The number of hydrogen-bond donors (Lipinski definition) is 0. The predicted molar refractivity (Wildman–Crippen MR) is 122 cm³/mol. The largest absolute Gasteiger partial charge is 0.284 e. The van der Waals surface area contributed by atoms with Gasteiger partial charge in [-0.1, -0.05) is 6.08 Å². The van der Waals surface area contributed by atoms with Crippen LogP contribution in [-0.4, -0.2) is 43.2 Å². The van der Waals surface area contributed by atoms with Gasteiger partial charge in [-0.3, -0.25) is 9.69 Å². The Morgan fingerprint density at radius 2 is 2.10 bits per heavy atom. The van der Waals surface area contributed by atoms with E-state index in [-0.39, 0.29) is 18.4 Å². The van der Waals surface area contributed by atoms with Crippen LogP contribution in [0.15, 0.2) is 29.0 Å². The average Bonchev–Trinajstić information content (AvgIpc) is 3.38. The molecule has 6 nitrogen and oxygen atoms in total. The van der Waals surface area contributed by atoms with E-state index in [9.17, 15) is 13.2 Å². The number of anilines is 1. The smallest absolute Gasteiger partial charge is 0.252 e. The third-order valence-electron chi connectivity index (χ3n) is 5.69. The summed E-state index contributed by atoms with van der Waals surface area (Å²) < 4.78 is 27.9. The molecule has 0 spiro atoms. The average molecular weight is 466 g/mol. The van der Waals surface area contributed by atoms with Gasteiger partial charge in [-0.2, -0.15) is 4.31 Å². The van der Waals surface area contributed by atoms with Gasteiger partial charge in [0.15, 0.2) is 5.13 Å². The molecular formula is C21H27N3O3S3. The quantitative estimate of drug-likeness (QED) is 0.605. The van der Waals surface area contributed by atoms with Crippen LogP contribution < -0.4 is 4.90 Å². The molecule has 30 heavy (non-hydrogen) atoms. The molecule has 0 saturated carbocycles. The van der Waals surface area contributed by atoms with Gasteiger partial charge in [0.1, 0.15) is 4.21 Å².